The van der Waals surface area contributed by atoms with Gasteiger partial charge in [0.25, 0.3) is 9.70 Å². The van der Waals surface area contributed by atoms with Crippen LogP contribution < -0.4 is 15.0 Å². The standard InChI is InChI=1S/C16H21Cl3N2O3/c1-10-8-21(9-11(2)24-10)15(16(17,18)19)20-14(22)12-4-6-13(23-3)7-5-12/h4-7,10-11,15H,8-9H2,1-3H3,(H,20,22)/p+1/t10-,11-,15-/m0/s1. The molecule has 1 aliphatic heterocycles. The van der Waals surface area contributed by atoms with Gasteiger partial charge in [0, 0.05) is 5.56 Å². The van der Waals surface area contributed by atoms with Crippen LogP contribution in [0.3, 0.4) is 0 Å². The molecule has 0 bridgehead atoms. The van der Waals surface area contributed by atoms with Gasteiger partial charge in [-0.05, 0) is 38.1 Å². The van der Waals surface area contributed by atoms with Crippen molar-refractivity contribution < 1.29 is 19.2 Å². The Labute approximate surface area is 157 Å². The Kier molecular flexibility index (Phi) is 6.62. The minimum absolute atomic E-state index is 0.0245. The fourth-order valence-electron chi connectivity index (χ4n) is 2.92. The average molecular weight is 397 g/mol. The number of alkyl halides is 3. The lowest BCUT2D eigenvalue weighted by molar-refractivity contribution is -0.941. The Morgan fingerprint density at radius 3 is 2.25 bits per heavy atom. The summed E-state index contributed by atoms with van der Waals surface area (Å²) in [7, 11) is 1.57. The van der Waals surface area contributed by atoms with Crippen molar-refractivity contribution >= 4 is 40.7 Å². The first-order valence-electron chi connectivity index (χ1n) is 7.72. The van der Waals surface area contributed by atoms with Crippen LogP contribution in [0.25, 0.3) is 0 Å². The quantitative estimate of drug-likeness (QED) is 0.763. The lowest BCUT2D eigenvalue weighted by Gasteiger charge is -2.39. The van der Waals surface area contributed by atoms with Crippen LogP contribution >= 0.6 is 34.8 Å². The van der Waals surface area contributed by atoms with Gasteiger partial charge in [0.05, 0.1) is 7.11 Å². The fourth-order valence-corrected chi connectivity index (χ4v) is 3.55. The number of ether oxygens (including phenoxy) is 2. The molecular weight excluding hydrogens is 375 g/mol. The molecule has 1 aromatic carbocycles. The Hall–Kier alpha value is -0.720. The van der Waals surface area contributed by atoms with Gasteiger partial charge in [0.15, 0.2) is 0 Å². The van der Waals surface area contributed by atoms with E-state index >= 15 is 0 Å². The number of quaternary nitrogens is 1. The number of benzene rings is 1. The van der Waals surface area contributed by atoms with Crippen LogP contribution in [0.15, 0.2) is 24.3 Å². The molecule has 134 valence electrons. The highest BCUT2D eigenvalue weighted by atomic mass is 35.6. The lowest BCUT2D eigenvalue weighted by atomic mass is 10.2. The number of rotatable bonds is 4. The van der Waals surface area contributed by atoms with Gasteiger partial charge in [0.2, 0.25) is 6.17 Å². The van der Waals surface area contributed by atoms with Crippen molar-refractivity contribution in [2.45, 2.75) is 36.0 Å². The molecule has 1 fully saturated rings. The van der Waals surface area contributed by atoms with Crippen molar-refractivity contribution in [2.24, 2.45) is 0 Å². The van der Waals surface area contributed by atoms with Crippen LogP contribution in [0.1, 0.15) is 24.2 Å². The lowest BCUT2D eigenvalue weighted by Crippen LogP contribution is -3.22. The van der Waals surface area contributed by atoms with E-state index in [9.17, 15) is 4.79 Å². The molecule has 2 N–H and O–H groups in total. The number of carbonyl (C=O) groups excluding carboxylic acids is 1. The minimum atomic E-state index is -1.63. The Balaban J connectivity index is 2.14. The molecular formula is C16H22Cl3N2O3+. The Morgan fingerprint density at radius 2 is 1.79 bits per heavy atom. The van der Waals surface area contributed by atoms with Crippen LogP contribution in [0, 0.1) is 0 Å². The van der Waals surface area contributed by atoms with Gasteiger partial charge >= 0.3 is 0 Å². The molecule has 1 saturated heterocycles. The predicted molar refractivity (Wildman–Crippen MR) is 95.2 cm³/mol. The van der Waals surface area contributed by atoms with Crippen LogP contribution in [0.4, 0.5) is 0 Å². The molecule has 1 heterocycles. The van der Waals surface area contributed by atoms with Crippen LogP contribution in [-0.2, 0) is 4.74 Å². The van der Waals surface area contributed by atoms with Crippen LogP contribution in [0.5, 0.6) is 5.75 Å². The van der Waals surface area contributed by atoms with E-state index in [2.05, 4.69) is 5.32 Å². The zero-order chi connectivity index (χ0) is 17.9. The zero-order valence-corrected chi connectivity index (χ0v) is 16.1. The second-order valence-electron chi connectivity index (χ2n) is 6.00. The van der Waals surface area contributed by atoms with Gasteiger partial charge < -0.3 is 14.4 Å². The second-order valence-corrected chi connectivity index (χ2v) is 8.37. The summed E-state index contributed by atoms with van der Waals surface area (Å²) in [5.41, 5.74) is 0.476. The molecule has 8 heteroatoms. The maximum atomic E-state index is 12.5. The molecule has 1 aliphatic rings. The van der Waals surface area contributed by atoms with Crippen molar-refractivity contribution in [1.29, 1.82) is 0 Å². The van der Waals surface area contributed by atoms with Crippen molar-refractivity contribution in [1.82, 2.24) is 5.32 Å². The van der Waals surface area contributed by atoms with Crippen molar-refractivity contribution in [2.75, 3.05) is 20.2 Å². The van der Waals surface area contributed by atoms with E-state index in [1.165, 1.54) is 0 Å². The van der Waals surface area contributed by atoms with Crippen molar-refractivity contribution in [3.05, 3.63) is 29.8 Å². The van der Waals surface area contributed by atoms with Crippen molar-refractivity contribution in [3.8, 4) is 5.75 Å². The summed E-state index contributed by atoms with van der Waals surface area (Å²) in [6.07, 6.45) is -0.626. The highest BCUT2D eigenvalue weighted by Crippen LogP contribution is 2.28. The third-order valence-corrected chi connectivity index (χ3v) is 4.58. The van der Waals surface area contributed by atoms with E-state index in [4.69, 9.17) is 44.3 Å². The number of hydrogen-bond acceptors (Lipinski definition) is 3. The topological polar surface area (TPSA) is 52.0 Å². The molecule has 0 unspecified atom stereocenters. The number of halogens is 3. The molecule has 0 aliphatic carbocycles. The van der Waals surface area contributed by atoms with Gasteiger partial charge in [-0.15, -0.1) is 0 Å². The number of carbonyl (C=O) groups is 1. The number of morpholine rings is 1. The smallest absolute Gasteiger partial charge is 0.262 e. The first kappa shape index (κ1) is 19.6. The third kappa shape index (κ3) is 5.14. The van der Waals surface area contributed by atoms with Crippen molar-refractivity contribution in [3.63, 3.8) is 0 Å². The maximum Gasteiger partial charge on any atom is 0.262 e. The SMILES string of the molecule is COc1ccc(C(=O)N[C@@H]([NH+]2C[C@H](C)O[C@@H](C)C2)C(Cl)(Cl)Cl)cc1. The van der Waals surface area contributed by atoms with E-state index in [0.29, 0.717) is 24.4 Å². The maximum absolute atomic E-state index is 12.5. The van der Waals surface area contributed by atoms with Gasteiger partial charge in [-0.2, -0.15) is 0 Å². The van der Waals surface area contributed by atoms with Gasteiger partial charge in [-0.1, -0.05) is 34.8 Å². The molecule has 1 aromatic rings. The molecule has 5 nitrogen and oxygen atoms in total. The second kappa shape index (κ2) is 8.11. The number of amides is 1. The fraction of sp³-hybridized carbons (Fsp3) is 0.562. The predicted octanol–water partition coefficient (Wildman–Crippen LogP) is 1.81. The van der Waals surface area contributed by atoms with Crippen LogP contribution in [-0.4, -0.2) is 48.3 Å². The highest BCUT2D eigenvalue weighted by molar-refractivity contribution is 6.68. The number of methoxy groups -OCH3 is 1. The summed E-state index contributed by atoms with van der Waals surface area (Å²) in [4.78, 5) is 13.5. The average Bonchev–Trinajstić information content (AvgIpc) is 2.50. The van der Waals surface area contributed by atoms with E-state index in [1.807, 2.05) is 13.8 Å². The number of hydrogen-bond donors (Lipinski definition) is 2. The first-order chi connectivity index (χ1) is 11.2. The molecule has 0 spiro atoms. The number of nitrogens with one attached hydrogen (secondary N) is 2. The van der Waals surface area contributed by atoms with Gasteiger partial charge in [-0.25, -0.2) is 0 Å². The molecule has 0 saturated carbocycles. The van der Waals surface area contributed by atoms with Crippen LogP contribution in [0.2, 0.25) is 0 Å². The van der Waals surface area contributed by atoms with E-state index in [-0.39, 0.29) is 18.1 Å². The molecule has 0 aromatic heterocycles. The van der Waals surface area contributed by atoms with E-state index in [0.717, 1.165) is 4.90 Å². The summed E-state index contributed by atoms with van der Waals surface area (Å²) < 4.78 is 9.18. The summed E-state index contributed by atoms with van der Waals surface area (Å²) >= 11 is 18.4. The normalized spacial score (nSPS) is 25.8. The molecule has 1 amide bonds. The molecule has 3 atom stereocenters. The monoisotopic (exact) mass is 395 g/mol. The highest BCUT2D eigenvalue weighted by Gasteiger charge is 2.44. The Morgan fingerprint density at radius 1 is 1.25 bits per heavy atom. The minimum Gasteiger partial charge on any atom is -0.497 e. The summed E-state index contributed by atoms with van der Waals surface area (Å²) in [6.45, 7) is 5.23. The molecule has 2 rings (SSSR count). The van der Waals surface area contributed by atoms with Gasteiger partial charge in [0.1, 0.15) is 31.0 Å². The van der Waals surface area contributed by atoms with E-state index < -0.39 is 9.96 Å². The largest absolute Gasteiger partial charge is 0.497 e. The zero-order valence-electron chi connectivity index (χ0n) is 13.8. The summed E-state index contributed by atoms with van der Waals surface area (Å²) in [6, 6.07) is 6.77. The summed E-state index contributed by atoms with van der Waals surface area (Å²) in [5, 5.41) is 2.85. The Bertz CT molecular complexity index is 553. The summed E-state index contributed by atoms with van der Waals surface area (Å²) in [5.74, 6) is 0.374. The molecule has 24 heavy (non-hydrogen) atoms. The first-order valence-corrected chi connectivity index (χ1v) is 8.85. The van der Waals surface area contributed by atoms with Gasteiger partial charge in [-0.3, -0.25) is 10.1 Å². The van der Waals surface area contributed by atoms with E-state index in [1.54, 1.807) is 31.4 Å². The third-order valence-electron chi connectivity index (χ3n) is 3.93. The molecule has 0 radical (unpaired) electrons.